The average molecular weight is 157 g/mol. The molecule has 0 atom stereocenters. The Morgan fingerprint density at radius 1 is 1.50 bits per heavy atom. The molecule has 1 radical (unpaired) electrons. The fraction of sp³-hybridized carbons (Fsp3) is 0.143. The van der Waals surface area contributed by atoms with E-state index in [0.717, 1.165) is 0 Å². The molecule has 0 fully saturated rings. The van der Waals surface area contributed by atoms with E-state index in [-0.39, 0.29) is 12.3 Å². The summed E-state index contributed by atoms with van der Waals surface area (Å²) in [4.78, 5) is 0. The molecular weight excluding hydrogens is 150 g/mol. The number of phenols is 1. The molecule has 0 heterocycles. The molecule has 0 bridgehead atoms. The third kappa shape index (κ3) is 1.40. The highest BCUT2D eigenvalue weighted by Gasteiger charge is 1.97. The van der Waals surface area contributed by atoms with Crippen molar-refractivity contribution in [1.29, 1.82) is 0 Å². The van der Waals surface area contributed by atoms with Gasteiger partial charge in [0.15, 0.2) is 0 Å². The molecule has 0 unspecified atom stereocenters. The number of rotatable bonds is 1. The number of phenolic OH excluding ortho intramolecular Hbond substituents is 1. The van der Waals surface area contributed by atoms with E-state index in [1.54, 1.807) is 12.1 Å². The summed E-state index contributed by atoms with van der Waals surface area (Å²) in [5.41, 5.74) is 7.53. The molecule has 0 aliphatic carbocycles. The number of aromatic hydroxyl groups is 1. The number of hydrogen-bond acceptors (Lipinski definition) is 1. The zero-order valence-electron chi connectivity index (χ0n) is 5.26. The molecule has 10 heavy (non-hydrogen) atoms. The average Bonchev–Trinajstić information content (AvgIpc) is 1.94. The fourth-order valence-electron chi connectivity index (χ4n) is 0.696. The third-order valence-corrected chi connectivity index (χ3v) is 1.47. The van der Waals surface area contributed by atoms with Crippen LogP contribution >= 0.6 is 11.6 Å². The largest absolute Gasteiger partial charge is 0.508 e. The predicted molar refractivity (Wildman–Crippen MR) is 39.9 cm³/mol. The summed E-state index contributed by atoms with van der Waals surface area (Å²) in [5, 5.41) is 9.61. The predicted octanol–water partition coefficient (Wildman–Crippen LogP) is 1.83. The van der Waals surface area contributed by atoms with Crippen LogP contribution in [0.1, 0.15) is 5.56 Å². The van der Waals surface area contributed by atoms with E-state index in [9.17, 15) is 0 Å². The van der Waals surface area contributed by atoms with Crippen molar-refractivity contribution >= 4 is 11.6 Å². The molecule has 0 spiro atoms. The Morgan fingerprint density at radius 3 is 2.70 bits per heavy atom. The lowest BCUT2D eigenvalue weighted by Crippen LogP contribution is -1.84. The summed E-state index contributed by atoms with van der Waals surface area (Å²) < 4.78 is 0. The van der Waals surface area contributed by atoms with Crippen molar-refractivity contribution in [3.05, 3.63) is 28.8 Å². The molecular formula is C7H7ClNO. The van der Waals surface area contributed by atoms with Crippen LogP contribution in [-0.4, -0.2) is 5.11 Å². The zero-order valence-corrected chi connectivity index (χ0v) is 6.02. The van der Waals surface area contributed by atoms with Crippen LogP contribution in [0.15, 0.2) is 18.2 Å². The minimum absolute atomic E-state index is 0.0619. The van der Waals surface area contributed by atoms with Crippen molar-refractivity contribution < 1.29 is 5.11 Å². The molecule has 0 saturated heterocycles. The second-order valence-electron chi connectivity index (χ2n) is 1.95. The molecule has 0 amide bonds. The van der Waals surface area contributed by atoms with Crippen molar-refractivity contribution in [2.24, 2.45) is 0 Å². The van der Waals surface area contributed by atoms with Gasteiger partial charge in [-0.2, -0.15) is 0 Å². The SMILES string of the molecule is [NH]Cc1cc(Cl)ccc1O. The minimum Gasteiger partial charge on any atom is -0.508 e. The molecule has 0 aromatic heterocycles. The number of benzene rings is 1. The summed E-state index contributed by atoms with van der Waals surface area (Å²) >= 11 is 5.60. The van der Waals surface area contributed by atoms with Crippen molar-refractivity contribution in [2.75, 3.05) is 0 Å². The van der Waals surface area contributed by atoms with Gasteiger partial charge in [0.25, 0.3) is 0 Å². The Kier molecular flexibility index (Phi) is 2.14. The first-order valence-electron chi connectivity index (χ1n) is 2.86. The summed E-state index contributed by atoms with van der Waals surface area (Å²) in [6.07, 6.45) is 0. The lowest BCUT2D eigenvalue weighted by atomic mass is 10.2. The van der Waals surface area contributed by atoms with Crippen LogP contribution in [0.5, 0.6) is 5.75 Å². The molecule has 0 saturated carbocycles. The number of nitrogens with one attached hydrogen (secondary N) is 1. The molecule has 0 aliphatic rings. The van der Waals surface area contributed by atoms with Crippen molar-refractivity contribution in [3.63, 3.8) is 0 Å². The van der Waals surface area contributed by atoms with Crippen LogP contribution in [0, 0.1) is 0 Å². The van der Waals surface area contributed by atoms with Gasteiger partial charge in [-0.25, -0.2) is 0 Å². The monoisotopic (exact) mass is 156 g/mol. The highest BCUT2D eigenvalue weighted by atomic mass is 35.5. The van der Waals surface area contributed by atoms with Gasteiger partial charge in [-0.1, -0.05) is 11.6 Å². The summed E-state index contributed by atoms with van der Waals surface area (Å²) in [6.45, 7) is 0.0619. The van der Waals surface area contributed by atoms with Crippen LogP contribution in [0.2, 0.25) is 5.02 Å². The van der Waals surface area contributed by atoms with Gasteiger partial charge in [-0.05, 0) is 18.2 Å². The van der Waals surface area contributed by atoms with E-state index in [0.29, 0.717) is 10.6 Å². The summed E-state index contributed by atoms with van der Waals surface area (Å²) in [6, 6.07) is 4.67. The van der Waals surface area contributed by atoms with Gasteiger partial charge in [0.05, 0.1) is 0 Å². The van der Waals surface area contributed by atoms with Crippen molar-refractivity contribution in [3.8, 4) is 5.75 Å². The quantitative estimate of drug-likeness (QED) is 0.663. The van der Waals surface area contributed by atoms with E-state index >= 15 is 0 Å². The van der Waals surface area contributed by atoms with Gasteiger partial charge in [0, 0.05) is 17.1 Å². The second kappa shape index (κ2) is 2.90. The van der Waals surface area contributed by atoms with Crippen molar-refractivity contribution in [1.82, 2.24) is 5.73 Å². The summed E-state index contributed by atoms with van der Waals surface area (Å²) in [7, 11) is 0. The highest BCUT2D eigenvalue weighted by molar-refractivity contribution is 6.30. The molecule has 2 N–H and O–H groups in total. The molecule has 2 nitrogen and oxygen atoms in total. The van der Waals surface area contributed by atoms with Crippen LogP contribution in [0.25, 0.3) is 0 Å². The van der Waals surface area contributed by atoms with Crippen LogP contribution in [0.4, 0.5) is 0 Å². The lowest BCUT2D eigenvalue weighted by Gasteiger charge is -1.99. The van der Waals surface area contributed by atoms with Crippen molar-refractivity contribution in [2.45, 2.75) is 6.54 Å². The Hall–Kier alpha value is -0.730. The maximum absolute atomic E-state index is 9.06. The molecule has 53 valence electrons. The van der Waals surface area contributed by atoms with E-state index in [1.807, 2.05) is 0 Å². The Bertz CT molecular complexity index is 237. The fourth-order valence-corrected chi connectivity index (χ4v) is 0.890. The van der Waals surface area contributed by atoms with Gasteiger partial charge in [0.2, 0.25) is 0 Å². The van der Waals surface area contributed by atoms with Gasteiger partial charge in [-0.15, -0.1) is 0 Å². The van der Waals surface area contributed by atoms with Crippen LogP contribution in [0.3, 0.4) is 0 Å². The Morgan fingerprint density at radius 2 is 2.20 bits per heavy atom. The van der Waals surface area contributed by atoms with Crippen LogP contribution < -0.4 is 5.73 Å². The lowest BCUT2D eigenvalue weighted by molar-refractivity contribution is 0.468. The smallest absolute Gasteiger partial charge is 0.120 e. The van der Waals surface area contributed by atoms with E-state index < -0.39 is 0 Å². The van der Waals surface area contributed by atoms with E-state index in [1.165, 1.54) is 6.07 Å². The third-order valence-electron chi connectivity index (χ3n) is 1.23. The van der Waals surface area contributed by atoms with Gasteiger partial charge in [0.1, 0.15) is 5.75 Å². The molecule has 0 aliphatic heterocycles. The normalized spacial score (nSPS) is 9.80. The maximum Gasteiger partial charge on any atom is 0.120 e. The first kappa shape index (κ1) is 7.38. The first-order valence-corrected chi connectivity index (χ1v) is 3.24. The van der Waals surface area contributed by atoms with E-state index in [4.69, 9.17) is 22.4 Å². The van der Waals surface area contributed by atoms with E-state index in [2.05, 4.69) is 0 Å². The second-order valence-corrected chi connectivity index (χ2v) is 2.39. The summed E-state index contributed by atoms with van der Waals surface area (Å²) in [5.74, 6) is 0.138. The first-order chi connectivity index (χ1) is 4.74. The Balaban J connectivity index is 3.09. The molecule has 1 aromatic rings. The van der Waals surface area contributed by atoms with Gasteiger partial charge < -0.3 is 5.11 Å². The van der Waals surface area contributed by atoms with Crippen LogP contribution in [-0.2, 0) is 6.54 Å². The maximum atomic E-state index is 9.06. The zero-order chi connectivity index (χ0) is 7.56. The standard InChI is InChI=1S/C7H7ClNO/c8-6-1-2-7(10)5(3-6)4-9/h1-3,9-10H,4H2. The Labute approximate surface area is 64.2 Å². The minimum atomic E-state index is 0.0619. The molecule has 1 rings (SSSR count). The van der Waals surface area contributed by atoms with Gasteiger partial charge in [-0.3, -0.25) is 5.73 Å². The highest BCUT2D eigenvalue weighted by Crippen LogP contribution is 2.20. The topological polar surface area (TPSA) is 44.0 Å². The molecule has 1 aromatic carbocycles. The molecule has 3 heteroatoms. The number of hydrogen-bond donors (Lipinski definition) is 1. The number of halogens is 1. The van der Waals surface area contributed by atoms with Gasteiger partial charge >= 0.3 is 0 Å².